The highest BCUT2D eigenvalue weighted by Crippen LogP contribution is 2.25. The van der Waals surface area contributed by atoms with Crippen LogP contribution in [0.5, 0.6) is 0 Å². The lowest BCUT2D eigenvalue weighted by molar-refractivity contribution is -0.113. The zero-order chi connectivity index (χ0) is 19.7. The number of aromatic nitrogens is 2. The van der Waals surface area contributed by atoms with Gasteiger partial charge in [0.25, 0.3) is 0 Å². The van der Waals surface area contributed by atoms with E-state index >= 15 is 0 Å². The van der Waals surface area contributed by atoms with Gasteiger partial charge >= 0.3 is 0 Å². The first kappa shape index (κ1) is 19.0. The fraction of sp³-hybridized carbons (Fsp3) is 0.300. The summed E-state index contributed by atoms with van der Waals surface area (Å²) in [5, 5.41) is 2.89. The van der Waals surface area contributed by atoms with Gasteiger partial charge in [0, 0.05) is 28.9 Å². The lowest BCUT2D eigenvalue weighted by Gasteiger charge is -2.08. The van der Waals surface area contributed by atoms with Gasteiger partial charge in [-0.25, -0.2) is 13.4 Å². The molecule has 1 aromatic carbocycles. The van der Waals surface area contributed by atoms with Crippen molar-refractivity contribution in [2.45, 2.75) is 18.6 Å². The Kier molecular flexibility index (Phi) is 5.16. The van der Waals surface area contributed by atoms with E-state index in [4.69, 9.17) is 0 Å². The van der Waals surface area contributed by atoms with E-state index in [-0.39, 0.29) is 28.4 Å². The summed E-state index contributed by atoms with van der Waals surface area (Å²) in [5.74, 6) is 0.549. The molecule has 1 amide bonds. The van der Waals surface area contributed by atoms with E-state index < -0.39 is 9.84 Å². The Bertz CT molecular complexity index is 1120. The number of amides is 1. The van der Waals surface area contributed by atoms with Crippen LogP contribution in [-0.4, -0.2) is 46.2 Å². The zero-order valence-electron chi connectivity index (χ0n) is 15.5. The third-order valence-electron chi connectivity index (χ3n) is 4.78. The third kappa shape index (κ3) is 4.23. The normalized spacial score (nSPS) is 18.4. The number of rotatable bonds is 5. The molecule has 2 aromatic heterocycles. The molecule has 3 heterocycles. The molecule has 0 radical (unpaired) electrons. The van der Waals surface area contributed by atoms with E-state index in [1.807, 2.05) is 60.1 Å². The average molecular weight is 416 g/mol. The van der Waals surface area contributed by atoms with Crippen molar-refractivity contribution in [2.75, 3.05) is 22.6 Å². The molecular weight excluding hydrogens is 394 g/mol. The highest BCUT2D eigenvalue weighted by molar-refractivity contribution is 8.02. The van der Waals surface area contributed by atoms with Crippen LogP contribution in [0.15, 0.2) is 48.8 Å². The predicted molar refractivity (Wildman–Crippen MR) is 114 cm³/mol. The molecule has 1 fully saturated rings. The van der Waals surface area contributed by atoms with Gasteiger partial charge < -0.3 is 9.72 Å². The Morgan fingerprint density at radius 2 is 2.07 bits per heavy atom. The Labute approximate surface area is 168 Å². The molecule has 1 N–H and O–H groups in total. The number of aryl methyl sites for hydroxylation is 1. The average Bonchev–Trinajstić information content (AvgIpc) is 3.24. The third-order valence-corrected chi connectivity index (χ3v) is 8.06. The second-order valence-corrected chi connectivity index (χ2v) is 10.5. The molecule has 1 aliphatic rings. The molecule has 8 heteroatoms. The van der Waals surface area contributed by atoms with E-state index in [1.165, 1.54) is 11.8 Å². The van der Waals surface area contributed by atoms with Gasteiger partial charge in [0.15, 0.2) is 9.84 Å². The molecule has 3 aromatic rings. The second-order valence-electron chi connectivity index (χ2n) is 7.01. The molecule has 0 spiro atoms. The second kappa shape index (κ2) is 7.60. The standard InChI is InChI=1S/C20H21N3O3S2/c1-14-3-2-9-23-11-18(22-20(14)23)15-4-6-16(7-5-15)21-19(24)12-27-17-8-10-28(25,26)13-17/h2-7,9,11,17H,8,10,12-13H2,1H3,(H,21,24). The molecule has 146 valence electrons. The number of hydrogen-bond acceptors (Lipinski definition) is 5. The molecular formula is C20H21N3O3S2. The van der Waals surface area contributed by atoms with Crippen molar-refractivity contribution in [3.63, 3.8) is 0 Å². The maximum atomic E-state index is 12.1. The predicted octanol–water partition coefficient (Wildman–Crippen LogP) is 3.17. The molecule has 6 nitrogen and oxygen atoms in total. The Morgan fingerprint density at radius 3 is 2.75 bits per heavy atom. The Morgan fingerprint density at radius 1 is 1.29 bits per heavy atom. The molecule has 1 unspecified atom stereocenters. The number of anilines is 1. The van der Waals surface area contributed by atoms with Crippen molar-refractivity contribution in [1.82, 2.24) is 9.38 Å². The number of benzene rings is 1. The number of carbonyl (C=O) groups is 1. The van der Waals surface area contributed by atoms with Crippen LogP contribution in [0.4, 0.5) is 5.69 Å². The fourth-order valence-corrected chi connectivity index (χ4v) is 6.74. The van der Waals surface area contributed by atoms with Gasteiger partial charge in [-0.1, -0.05) is 18.2 Å². The monoisotopic (exact) mass is 415 g/mol. The smallest absolute Gasteiger partial charge is 0.234 e. The van der Waals surface area contributed by atoms with Crippen LogP contribution < -0.4 is 5.32 Å². The van der Waals surface area contributed by atoms with Crippen molar-refractivity contribution < 1.29 is 13.2 Å². The van der Waals surface area contributed by atoms with Crippen LogP contribution >= 0.6 is 11.8 Å². The minimum Gasteiger partial charge on any atom is -0.325 e. The van der Waals surface area contributed by atoms with Gasteiger partial charge in [-0.2, -0.15) is 0 Å². The Balaban J connectivity index is 1.37. The van der Waals surface area contributed by atoms with Crippen molar-refractivity contribution >= 4 is 38.8 Å². The number of nitrogens with one attached hydrogen (secondary N) is 1. The minimum absolute atomic E-state index is 0.0247. The van der Waals surface area contributed by atoms with Gasteiger partial charge in [0.1, 0.15) is 5.65 Å². The van der Waals surface area contributed by atoms with Gasteiger partial charge in [-0.15, -0.1) is 11.8 Å². The molecule has 1 saturated heterocycles. The Hall–Kier alpha value is -2.32. The quantitative estimate of drug-likeness (QED) is 0.692. The molecule has 0 aliphatic carbocycles. The summed E-state index contributed by atoms with van der Waals surface area (Å²) >= 11 is 1.41. The topological polar surface area (TPSA) is 80.5 Å². The highest BCUT2D eigenvalue weighted by Gasteiger charge is 2.28. The number of fused-ring (bicyclic) bond motifs is 1. The SMILES string of the molecule is Cc1cccn2cc(-c3ccc(NC(=O)CSC4CCS(=O)(=O)C4)cc3)nc12. The molecule has 0 saturated carbocycles. The number of thioether (sulfide) groups is 1. The van der Waals surface area contributed by atoms with Crippen molar-refractivity contribution in [2.24, 2.45) is 0 Å². The van der Waals surface area contributed by atoms with E-state index in [9.17, 15) is 13.2 Å². The van der Waals surface area contributed by atoms with Gasteiger partial charge in [0.2, 0.25) is 5.91 Å². The summed E-state index contributed by atoms with van der Waals surface area (Å²) in [6.45, 7) is 2.03. The van der Waals surface area contributed by atoms with Crippen molar-refractivity contribution in [3.05, 3.63) is 54.4 Å². The number of pyridine rings is 1. The lowest BCUT2D eigenvalue weighted by Crippen LogP contribution is -2.17. The molecule has 4 rings (SSSR count). The molecule has 28 heavy (non-hydrogen) atoms. The fourth-order valence-electron chi connectivity index (χ4n) is 3.30. The van der Waals surface area contributed by atoms with E-state index in [1.54, 1.807) is 0 Å². The first-order valence-corrected chi connectivity index (χ1v) is 11.9. The number of imidazole rings is 1. The highest BCUT2D eigenvalue weighted by atomic mass is 32.2. The van der Waals surface area contributed by atoms with Crippen molar-refractivity contribution in [1.29, 1.82) is 0 Å². The van der Waals surface area contributed by atoms with Crippen LogP contribution in [0.3, 0.4) is 0 Å². The zero-order valence-corrected chi connectivity index (χ0v) is 17.1. The number of nitrogens with zero attached hydrogens (tertiary/aromatic N) is 2. The summed E-state index contributed by atoms with van der Waals surface area (Å²) < 4.78 is 25.0. The lowest BCUT2D eigenvalue weighted by atomic mass is 10.1. The van der Waals surface area contributed by atoms with Crippen LogP contribution in [-0.2, 0) is 14.6 Å². The summed E-state index contributed by atoms with van der Waals surface area (Å²) in [4.78, 5) is 16.8. The van der Waals surface area contributed by atoms with Crippen LogP contribution in [0.1, 0.15) is 12.0 Å². The van der Waals surface area contributed by atoms with Gasteiger partial charge in [-0.05, 0) is 37.1 Å². The summed E-state index contributed by atoms with van der Waals surface area (Å²) in [6.07, 6.45) is 4.59. The van der Waals surface area contributed by atoms with Crippen molar-refractivity contribution in [3.8, 4) is 11.3 Å². The van der Waals surface area contributed by atoms with E-state index in [0.29, 0.717) is 12.1 Å². The first-order valence-electron chi connectivity index (χ1n) is 9.06. The van der Waals surface area contributed by atoms with Crippen LogP contribution in [0.2, 0.25) is 0 Å². The number of carbonyl (C=O) groups excluding carboxylic acids is 1. The summed E-state index contributed by atoms with van der Waals surface area (Å²) in [6, 6.07) is 11.6. The first-order chi connectivity index (χ1) is 13.4. The molecule has 0 bridgehead atoms. The maximum Gasteiger partial charge on any atom is 0.234 e. The summed E-state index contributed by atoms with van der Waals surface area (Å²) in [5.41, 5.74) is 4.62. The van der Waals surface area contributed by atoms with E-state index in [2.05, 4.69) is 10.3 Å². The van der Waals surface area contributed by atoms with E-state index in [0.717, 1.165) is 22.5 Å². The van der Waals surface area contributed by atoms with Crippen LogP contribution in [0, 0.1) is 6.92 Å². The van der Waals surface area contributed by atoms with Gasteiger partial charge in [0.05, 0.1) is 23.0 Å². The molecule has 1 aliphatic heterocycles. The largest absolute Gasteiger partial charge is 0.325 e. The number of hydrogen-bond donors (Lipinski definition) is 1. The minimum atomic E-state index is -2.91. The maximum absolute atomic E-state index is 12.1. The summed E-state index contributed by atoms with van der Waals surface area (Å²) in [7, 11) is -2.91. The number of sulfone groups is 1. The van der Waals surface area contributed by atoms with Gasteiger partial charge in [-0.3, -0.25) is 4.79 Å². The molecule has 1 atom stereocenters. The van der Waals surface area contributed by atoms with Crippen LogP contribution in [0.25, 0.3) is 16.9 Å².